The van der Waals surface area contributed by atoms with Crippen LogP contribution in [0.4, 0.5) is 4.39 Å². The number of rotatable bonds is 4. The third-order valence-electron chi connectivity index (χ3n) is 1.74. The third kappa shape index (κ3) is 3.24. The molecule has 0 saturated carbocycles. The van der Waals surface area contributed by atoms with E-state index in [2.05, 4.69) is 15.9 Å². The lowest BCUT2D eigenvalue weighted by Crippen LogP contribution is -1.95. The van der Waals surface area contributed by atoms with E-state index in [0.29, 0.717) is 17.7 Å². The van der Waals surface area contributed by atoms with Crippen LogP contribution in [0, 0.1) is 5.82 Å². The first-order chi connectivity index (χ1) is 6.75. The molecule has 0 amide bonds. The summed E-state index contributed by atoms with van der Waals surface area (Å²) in [5.41, 5.74) is 0.828. The molecule has 0 atom stereocenters. The van der Waals surface area contributed by atoms with E-state index in [1.807, 2.05) is 25.1 Å². The van der Waals surface area contributed by atoms with Crippen molar-refractivity contribution < 1.29 is 9.13 Å². The van der Waals surface area contributed by atoms with Gasteiger partial charge in [0, 0.05) is 0 Å². The molecule has 0 unspecified atom stereocenters. The molecule has 0 radical (unpaired) electrons. The molecule has 0 spiro atoms. The number of halogens is 2. The third-order valence-corrected chi connectivity index (χ3v) is 2.63. The van der Waals surface area contributed by atoms with Crippen LogP contribution in [0.3, 0.4) is 0 Å². The molecule has 0 saturated heterocycles. The molecular formula is C11H12BrFO. The molecule has 0 heterocycles. The summed E-state index contributed by atoms with van der Waals surface area (Å²) in [6, 6.07) is 4.93. The minimum Gasteiger partial charge on any atom is -0.373 e. The molecule has 1 rings (SSSR count). The molecule has 3 heteroatoms. The number of hydrogen-bond acceptors (Lipinski definition) is 1. The van der Waals surface area contributed by atoms with Crippen molar-refractivity contribution in [1.29, 1.82) is 0 Å². The summed E-state index contributed by atoms with van der Waals surface area (Å²) in [6.07, 6.45) is 3.83. The summed E-state index contributed by atoms with van der Waals surface area (Å²) >= 11 is 3.18. The maximum atomic E-state index is 13.0. The van der Waals surface area contributed by atoms with Crippen molar-refractivity contribution in [2.75, 3.05) is 6.61 Å². The van der Waals surface area contributed by atoms with E-state index in [1.165, 1.54) is 6.07 Å². The van der Waals surface area contributed by atoms with Gasteiger partial charge >= 0.3 is 0 Å². The fraction of sp³-hybridized carbons (Fsp3) is 0.273. The Labute approximate surface area is 91.7 Å². The second-order valence-electron chi connectivity index (χ2n) is 2.80. The molecule has 0 aromatic heterocycles. The lowest BCUT2D eigenvalue weighted by molar-refractivity contribution is 0.148. The Kier molecular flexibility index (Phi) is 4.84. The highest BCUT2D eigenvalue weighted by molar-refractivity contribution is 9.10. The van der Waals surface area contributed by atoms with E-state index in [9.17, 15) is 4.39 Å². The first-order valence-electron chi connectivity index (χ1n) is 4.37. The van der Waals surface area contributed by atoms with E-state index in [0.717, 1.165) is 5.56 Å². The van der Waals surface area contributed by atoms with Crippen molar-refractivity contribution in [2.45, 2.75) is 13.5 Å². The normalized spacial score (nSPS) is 11.1. The Morgan fingerprint density at radius 2 is 2.29 bits per heavy atom. The molecule has 0 aliphatic carbocycles. The molecule has 0 N–H and O–H groups in total. The number of hydrogen-bond donors (Lipinski definition) is 0. The van der Waals surface area contributed by atoms with Crippen LogP contribution in [-0.2, 0) is 11.3 Å². The lowest BCUT2D eigenvalue weighted by atomic mass is 10.2. The van der Waals surface area contributed by atoms with Crippen molar-refractivity contribution in [1.82, 2.24) is 0 Å². The average Bonchev–Trinajstić information content (AvgIpc) is 2.19. The molecule has 1 aromatic rings. The highest BCUT2D eigenvalue weighted by Crippen LogP contribution is 2.20. The van der Waals surface area contributed by atoms with E-state index in [4.69, 9.17) is 4.74 Å². The van der Waals surface area contributed by atoms with Crippen molar-refractivity contribution in [2.24, 2.45) is 0 Å². The topological polar surface area (TPSA) is 9.23 Å². The zero-order chi connectivity index (χ0) is 10.4. The van der Waals surface area contributed by atoms with Crippen LogP contribution in [0.25, 0.3) is 0 Å². The quantitative estimate of drug-likeness (QED) is 0.592. The fourth-order valence-corrected chi connectivity index (χ4v) is 1.37. The van der Waals surface area contributed by atoms with Gasteiger partial charge in [-0.3, -0.25) is 0 Å². The van der Waals surface area contributed by atoms with Crippen LogP contribution in [0.15, 0.2) is 34.8 Å². The first kappa shape index (κ1) is 11.4. The zero-order valence-corrected chi connectivity index (χ0v) is 9.55. The van der Waals surface area contributed by atoms with Gasteiger partial charge in [0.15, 0.2) is 0 Å². The average molecular weight is 259 g/mol. The van der Waals surface area contributed by atoms with Crippen LogP contribution in [0.1, 0.15) is 12.5 Å². The van der Waals surface area contributed by atoms with Crippen LogP contribution in [-0.4, -0.2) is 6.61 Å². The molecular weight excluding hydrogens is 247 g/mol. The van der Waals surface area contributed by atoms with Gasteiger partial charge in [-0.2, -0.15) is 0 Å². The standard InChI is InChI=1S/C11H12BrFO/c1-2-3-7-14-8-9-5-4-6-10(13)11(9)12/h2-6H,7-8H2,1H3/b3-2+. The molecule has 1 aromatic carbocycles. The summed E-state index contributed by atoms with van der Waals surface area (Å²) in [4.78, 5) is 0. The summed E-state index contributed by atoms with van der Waals surface area (Å²) in [5.74, 6) is -0.253. The van der Waals surface area contributed by atoms with Crippen molar-refractivity contribution in [3.63, 3.8) is 0 Å². The number of allylic oxidation sites excluding steroid dienone is 1. The smallest absolute Gasteiger partial charge is 0.137 e. The van der Waals surface area contributed by atoms with E-state index in [-0.39, 0.29) is 5.82 Å². The highest BCUT2D eigenvalue weighted by Gasteiger charge is 2.03. The van der Waals surface area contributed by atoms with Gasteiger partial charge in [-0.15, -0.1) is 0 Å². The Morgan fingerprint density at radius 1 is 1.50 bits per heavy atom. The van der Waals surface area contributed by atoms with Gasteiger partial charge in [0.1, 0.15) is 5.82 Å². The minimum atomic E-state index is -0.253. The van der Waals surface area contributed by atoms with Gasteiger partial charge in [-0.05, 0) is 34.5 Å². The predicted octanol–water partition coefficient (Wildman–Crippen LogP) is 3.68. The van der Waals surface area contributed by atoms with Crippen LogP contribution >= 0.6 is 15.9 Å². The summed E-state index contributed by atoms with van der Waals surface area (Å²) < 4.78 is 18.8. The van der Waals surface area contributed by atoms with E-state index in [1.54, 1.807) is 6.07 Å². The van der Waals surface area contributed by atoms with Crippen LogP contribution in [0.5, 0.6) is 0 Å². The van der Waals surface area contributed by atoms with Gasteiger partial charge in [0.05, 0.1) is 17.7 Å². The van der Waals surface area contributed by atoms with Gasteiger partial charge in [-0.25, -0.2) is 4.39 Å². The summed E-state index contributed by atoms with van der Waals surface area (Å²) in [7, 11) is 0. The molecule has 0 aliphatic rings. The molecule has 0 bridgehead atoms. The highest BCUT2D eigenvalue weighted by atomic mass is 79.9. The van der Waals surface area contributed by atoms with Crippen LogP contribution in [0.2, 0.25) is 0 Å². The van der Waals surface area contributed by atoms with Gasteiger partial charge in [0.25, 0.3) is 0 Å². The second kappa shape index (κ2) is 5.94. The summed E-state index contributed by atoms with van der Waals surface area (Å²) in [6.45, 7) is 2.91. The molecule has 0 aliphatic heterocycles. The zero-order valence-electron chi connectivity index (χ0n) is 7.97. The molecule has 1 nitrogen and oxygen atoms in total. The first-order valence-corrected chi connectivity index (χ1v) is 5.16. The summed E-state index contributed by atoms with van der Waals surface area (Å²) in [5, 5.41) is 0. The van der Waals surface area contributed by atoms with Gasteiger partial charge in [0.2, 0.25) is 0 Å². The maximum Gasteiger partial charge on any atom is 0.137 e. The molecule has 0 fully saturated rings. The van der Waals surface area contributed by atoms with E-state index < -0.39 is 0 Å². The Morgan fingerprint density at radius 3 is 3.00 bits per heavy atom. The second-order valence-corrected chi connectivity index (χ2v) is 3.59. The minimum absolute atomic E-state index is 0.253. The monoisotopic (exact) mass is 258 g/mol. The van der Waals surface area contributed by atoms with Crippen molar-refractivity contribution in [3.05, 3.63) is 46.2 Å². The van der Waals surface area contributed by atoms with Crippen molar-refractivity contribution >= 4 is 15.9 Å². The molecule has 14 heavy (non-hydrogen) atoms. The lowest BCUT2D eigenvalue weighted by Gasteiger charge is -2.04. The van der Waals surface area contributed by atoms with E-state index >= 15 is 0 Å². The van der Waals surface area contributed by atoms with Gasteiger partial charge in [-0.1, -0.05) is 24.3 Å². The van der Waals surface area contributed by atoms with Crippen LogP contribution < -0.4 is 0 Å². The largest absolute Gasteiger partial charge is 0.373 e. The Hall–Kier alpha value is -0.670. The predicted molar refractivity (Wildman–Crippen MR) is 58.6 cm³/mol. The van der Waals surface area contributed by atoms with Gasteiger partial charge < -0.3 is 4.74 Å². The van der Waals surface area contributed by atoms with Crippen molar-refractivity contribution in [3.8, 4) is 0 Å². The maximum absolute atomic E-state index is 13.0. The molecule has 76 valence electrons. The SMILES string of the molecule is C/C=C/COCc1cccc(F)c1Br. The number of ether oxygens (including phenoxy) is 1. The number of benzene rings is 1. The Bertz CT molecular complexity index is 323. The Balaban J connectivity index is 2.54. The fourth-order valence-electron chi connectivity index (χ4n) is 0.993.